The van der Waals surface area contributed by atoms with Crippen molar-refractivity contribution < 1.29 is 15.0 Å². The lowest BCUT2D eigenvalue weighted by atomic mass is 10.0. The number of hydrogen-bond acceptors (Lipinski definition) is 4. The van der Waals surface area contributed by atoms with Gasteiger partial charge in [-0.1, -0.05) is 23.8 Å². The maximum Gasteiger partial charge on any atom is 0.164 e. The second-order valence-corrected chi connectivity index (χ2v) is 5.80. The van der Waals surface area contributed by atoms with Crippen LogP contribution in [0.4, 0.5) is 0 Å². The quantitative estimate of drug-likeness (QED) is 0.543. The normalized spacial score (nSPS) is 12.1. The van der Waals surface area contributed by atoms with E-state index in [9.17, 15) is 15.0 Å². The molecular formula is C19H23NO3. The summed E-state index contributed by atoms with van der Waals surface area (Å²) in [5.41, 5.74) is 3.68. The lowest BCUT2D eigenvalue weighted by Crippen LogP contribution is -2.24. The molecule has 2 rings (SSSR count). The number of ketones is 1. The highest BCUT2D eigenvalue weighted by Gasteiger charge is 2.11. The van der Waals surface area contributed by atoms with Crippen LogP contribution in [0.2, 0.25) is 0 Å². The number of aryl methyl sites for hydroxylation is 2. The fourth-order valence-corrected chi connectivity index (χ4v) is 2.46. The molecule has 2 aromatic carbocycles. The molecule has 4 heteroatoms. The van der Waals surface area contributed by atoms with E-state index in [2.05, 4.69) is 5.32 Å². The molecule has 0 aliphatic heterocycles. The molecule has 0 amide bonds. The Hall–Kier alpha value is -2.17. The Bertz CT molecular complexity index is 665. The molecule has 0 aliphatic carbocycles. The molecular weight excluding hydrogens is 290 g/mol. The van der Waals surface area contributed by atoms with E-state index in [-0.39, 0.29) is 11.5 Å². The largest absolute Gasteiger partial charge is 0.508 e. The number of phenols is 1. The summed E-state index contributed by atoms with van der Waals surface area (Å²) in [6.07, 6.45) is -0.233. The first kappa shape index (κ1) is 17.2. The number of aliphatic hydroxyl groups is 1. The van der Waals surface area contributed by atoms with Gasteiger partial charge in [-0.3, -0.25) is 4.79 Å². The minimum Gasteiger partial charge on any atom is -0.508 e. The van der Waals surface area contributed by atoms with Crippen LogP contribution in [0.25, 0.3) is 0 Å². The number of nitrogens with one attached hydrogen (secondary N) is 1. The van der Waals surface area contributed by atoms with Crippen LogP contribution in [0.1, 0.15) is 39.6 Å². The molecule has 4 nitrogen and oxygen atoms in total. The molecule has 0 radical (unpaired) electrons. The Balaban J connectivity index is 1.79. The van der Waals surface area contributed by atoms with Gasteiger partial charge in [0.15, 0.2) is 5.78 Å². The van der Waals surface area contributed by atoms with Crippen molar-refractivity contribution >= 4 is 5.78 Å². The van der Waals surface area contributed by atoms with E-state index >= 15 is 0 Å². The van der Waals surface area contributed by atoms with Crippen molar-refractivity contribution in [2.75, 3.05) is 13.1 Å². The SMILES string of the molecule is Cc1ccc(C)c(C(O)CNCCC(=O)c2ccc(O)cc2)c1. The van der Waals surface area contributed by atoms with Crippen LogP contribution in [0, 0.1) is 13.8 Å². The summed E-state index contributed by atoms with van der Waals surface area (Å²) >= 11 is 0. The average molecular weight is 313 g/mol. The standard InChI is InChI=1S/C19H23NO3/c1-13-3-4-14(2)17(11-13)19(23)12-20-10-9-18(22)15-5-7-16(21)8-6-15/h3-8,11,19-21,23H,9-10,12H2,1-2H3. The number of aliphatic hydroxyl groups excluding tert-OH is 1. The van der Waals surface area contributed by atoms with Crippen LogP contribution < -0.4 is 5.32 Å². The summed E-state index contributed by atoms with van der Waals surface area (Å²) in [7, 11) is 0. The monoisotopic (exact) mass is 313 g/mol. The Morgan fingerprint density at radius 2 is 1.83 bits per heavy atom. The van der Waals surface area contributed by atoms with Crippen LogP contribution in [0.5, 0.6) is 5.75 Å². The summed E-state index contributed by atoms with van der Waals surface area (Å²) in [5, 5.41) is 22.6. The Morgan fingerprint density at radius 1 is 1.13 bits per heavy atom. The average Bonchev–Trinajstić information content (AvgIpc) is 2.54. The highest BCUT2D eigenvalue weighted by atomic mass is 16.3. The summed E-state index contributed by atoms with van der Waals surface area (Å²) < 4.78 is 0. The zero-order valence-electron chi connectivity index (χ0n) is 13.5. The number of carbonyl (C=O) groups is 1. The molecule has 0 spiro atoms. The van der Waals surface area contributed by atoms with Crippen molar-refractivity contribution in [1.82, 2.24) is 5.32 Å². The highest BCUT2D eigenvalue weighted by Crippen LogP contribution is 2.18. The first-order chi connectivity index (χ1) is 11.0. The molecule has 0 saturated carbocycles. The Kier molecular flexibility index (Phi) is 5.90. The number of hydrogen-bond donors (Lipinski definition) is 3. The van der Waals surface area contributed by atoms with Gasteiger partial charge < -0.3 is 15.5 Å². The van der Waals surface area contributed by atoms with E-state index in [4.69, 9.17) is 0 Å². The first-order valence-corrected chi connectivity index (χ1v) is 7.75. The third-order valence-corrected chi connectivity index (χ3v) is 3.85. The van der Waals surface area contributed by atoms with Crippen molar-refractivity contribution in [3.05, 3.63) is 64.7 Å². The van der Waals surface area contributed by atoms with Crippen LogP contribution in [0.15, 0.2) is 42.5 Å². The van der Waals surface area contributed by atoms with Gasteiger partial charge in [0.25, 0.3) is 0 Å². The van der Waals surface area contributed by atoms with Gasteiger partial charge in [-0.15, -0.1) is 0 Å². The minimum atomic E-state index is -0.585. The van der Waals surface area contributed by atoms with E-state index in [1.807, 2.05) is 32.0 Å². The van der Waals surface area contributed by atoms with E-state index in [1.54, 1.807) is 12.1 Å². The van der Waals surface area contributed by atoms with Gasteiger partial charge in [-0.25, -0.2) is 0 Å². The summed E-state index contributed by atoms with van der Waals surface area (Å²) in [6.45, 7) is 4.89. The third kappa shape index (κ3) is 4.91. The van der Waals surface area contributed by atoms with Crippen molar-refractivity contribution in [1.29, 1.82) is 0 Å². The van der Waals surface area contributed by atoms with Crippen LogP contribution in [-0.4, -0.2) is 29.1 Å². The molecule has 0 saturated heterocycles. The number of rotatable bonds is 7. The fraction of sp³-hybridized carbons (Fsp3) is 0.316. The van der Waals surface area contributed by atoms with E-state index in [1.165, 1.54) is 12.1 Å². The molecule has 2 aromatic rings. The summed E-state index contributed by atoms with van der Waals surface area (Å²) in [4.78, 5) is 12.0. The van der Waals surface area contributed by atoms with E-state index in [0.717, 1.165) is 16.7 Å². The zero-order chi connectivity index (χ0) is 16.8. The maximum absolute atomic E-state index is 12.0. The van der Waals surface area contributed by atoms with Crippen molar-refractivity contribution in [3.63, 3.8) is 0 Å². The van der Waals surface area contributed by atoms with Gasteiger partial charge in [-0.05, 0) is 49.2 Å². The molecule has 1 atom stereocenters. The van der Waals surface area contributed by atoms with Crippen molar-refractivity contribution in [2.45, 2.75) is 26.4 Å². The van der Waals surface area contributed by atoms with Crippen LogP contribution in [0.3, 0.4) is 0 Å². The first-order valence-electron chi connectivity index (χ1n) is 7.75. The highest BCUT2D eigenvalue weighted by molar-refractivity contribution is 5.96. The minimum absolute atomic E-state index is 0.0127. The molecule has 122 valence electrons. The number of phenolic OH excluding ortho intramolecular Hbond substituents is 1. The second-order valence-electron chi connectivity index (χ2n) is 5.80. The molecule has 0 heterocycles. The maximum atomic E-state index is 12.0. The predicted molar refractivity (Wildman–Crippen MR) is 90.8 cm³/mol. The smallest absolute Gasteiger partial charge is 0.164 e. The molecule has 0 bridgehead atoms. The van der Waals surface area contributed by atoms with Crippen LogP contribution in [-0.2, 0) is 0 Å². The number of Topliss-reactive ketones (excluding diaryl/α,β-unsaturated/α-hetero) is 1. The number of aromatic hydroxyl groups is 1. The predicted octanol–water partition coefficient (Wildman–Crippen LogP) is 2.91. The topological polar surface area (TPSA) is 69.6 Å². The zero-order valence-corrected chi connectivity index (χ0v) is 13.5. The van der Waals surface area contributed by atoms with Gasteiger partial charge in [0.05, 0.1) is 6.10 Å². The fourth-order valence-electron chi connectivity index (χ4n) is 2.46. The van der Waals surface area contributed by atoms with Crippen LogP contribution >= 0.6 is 0 Å². The molecule has 0 fully saturated rings. The van der Waals surface area contributed by atoms with E-state index < -0.39 is 6.10 Å². The molecule has 3 N–H and O–H groups in total. The lowest BCUT2D eigenvalue weighted by Gasteiger charge is -2.15. The molecule has 1 unspecified atom stereocenters. The van der Waals surface area contributed by atoms with Gasteiger partial charge in [0.1, 0.15) is 5.75 Å². The van der Waals surface area contributed by atoms with Gasteiger partial charge >= 0.3 is 0 Å². The molecule has 0 aromatic heterocycles. The van der Waals surface area contributed by atoms with E-state index in [0.29, 0.717) is 25.1 Å². The molecule has 0 aliphatic rings. The molecule has 23 heavy (non-hydrogen) atoms. The van der Waals surface area contributed by atoms with Gasteiger partial charge in [0.2, 0.25) is 0 Å². The van der Waals surface area contributed by atoms with Crippen molar-refractivity contribution in [3.8, 4) is 5.75 Å². The summed E-state index contributed by atoms with van der Waals surface area (Å²) in [6, 6.07) is 12.3. The Morgan fingerprint density at radius 3 is 2.52 bits per heavy atom. The lowest BCUT2D eigenvalue weighted by molar-refractivity contribution is 0.0979. The number of carbonyl (C=O) groups excluding carboxylic acids is 1. The Labute approximate surface area is 136 Å². The second kappa shape index (κ2) is 7.90. The third-order valence-electron chi connectivity index (χ3n) is 3.85. The van der Waals surface area contributed by atoms with Gasteiger partial charge in [-0.2, -0.15) is 0 Å². The summed E-state index contributed by atoms with van der Waals surface area (Å²) in [5.74, 6) is 0.162. The van der Waals surface area contributed by atoms with Crippen molar-refractivity contribution in [2.24, 2.45) is 0 Å². The number of benzene rings is 2. The van der Waals surface area contributed by atoms with Gasteiger partial charge in [0, 0.05) is 25.1 Å².